The van der Waals surface area contributed by atoms with Crippen LogP contribution >= 0.6 is 15.9 Å². The van der Waals surface area contributed by atoms with Gasteiger partial charge in [-0.25, -0.2) is 8.42 Å². The van der Waals surface area contributed by atoms with Crippen molar-refractivity contribution in [3.05, 3.63) is 16.5 Å². The molecule has 1 saturated carbocycles. The van der Waals surface area contributed by atoms with Crippen LogP contribution < -0.4 is 5.32 Å². The Balaban J connectivity index is 1.85. The van der Waals surface area contributed by atoms with Crippen LogP contribution in [0.15, 0.2) is 20.0 Å². The van der Waals surface area contributed by atoms with Crippen molar-refractivity contribution in [2.24, 2.45) is 11.8 Å². The topological polar surface area (TPSA) is 62.6 Å². The lowest BCUT2D eigenvalue weighted by molar-refractivity contribution is 0.440. The summed E-state index contributed by atoms with van der Waals surface area (Å²) in [4.78, 5) is 0.253. The second-order valence-corrected chi connectivity index (χ2v) is 8.28. The molecule has 0 amide bonds. The van der Waals surface area contributed by atoms with E-state index in [2.05, 4.69) is 21.2 Å². The number of halogens is 1. The Kier molecular flexibility index (Phi) is 3.96. The fourth-order valence-electron chi connectivity index (χ4n) is 3.36. The van der Waals surface area contributed by atoms with Gasteiger partial charge in [-0.1, -0.05) is 6.42 Å². The molecule has 1 saturated heterocycles. The molecule has 0 aromatic carbocycles. The summed E-state index contributed by atoms with van der Waals surface area (Å²) in [5, 5.41) is 2.95. The molecular formula is C13H19BrN2O3S. The van der Waals surface area contributed by atoms with Crippen LogP contribution in [0.25, 0.3) is 0 Å². The third-order valence-corrected chi connectivity index (χ3v) is 7.06. The Labute approximate surface area is 127 Å². The smallest absolute Gasteiger partial charge is 0.247 e. The molecule has 0 bridgehead atoms. The number of nitrogens with zero attached hydrogens (tertiary/aromatic N) is 1. The van der Waals surface area contributed by atoms with Crippen molar-refractivity contribution in [2.75, 3.05) is 20.1 Å². The van der Waals surface area contributed by atoms with Crippen molar-refractivity contribution in [1.82, 2.24) is 9.62 Å². The van der Waals surface area contributed by atoms with Gasteiger partial charge in [0.15, 0.2) is 4.67 Å². The molecule has 112 valence electrons. The summed E-state index contributed by atoms with van der Waals surface area (Å²) in [6.45, 7) is 1.83. The number of fused-ring (bicyclic) bond motifs is 1. The minimum atomic E-state index is -3.44. The van der Waals surface area contributed by atoms with Crippen molar-refractivity contribution in [3.63, 3.8) is 0 Å². The molecule has 0 spiro atoms. The Hall–Kier alpha value is -0.370. The predicted octanol–water partition coefficient (Wildman–Crippen LogP) is 2.18. The fourth-order valence-corrected chi connectivity index (χ4v) is 5.88. The van der Waals surface area contributed by atoms with Crippen LogP contribution in [0.5, 0.6) is 0 Å². The molecule has 2 fully saturated rings. The van der Waals surface area contributed by atoms with Crippen molar-refractivity contribution in [2.45, 2.75) is 30.7 Å². The number of sulfonamides is 1. The second kappa shape index (κ2) is 5.44. The van der Waals surface area contributed by atoms with E-state index in [1.165, 1.54) is 6.42 Å². The Morgan fingerprint density at radius 3 is 2.65 bits per heavy atom. The molecule has 20 heavy (non-hydrogen) atoms. The van der Waals surface area contributed by atoms with Crippen LogP contribution in [-0.2, 0) is 16.6 Å². The number of furan rings is 1. The molecule has 5 nitrogen and oxygen atoms in total. The largest absolute Gasteiger partial charge is 0.452 e. The molecule has 1 aliphatic carbocycles. The van der Waals surface area contributed by atoms with Gasteiger partial charge in [0.1, 0.15) is 10.7 Å². The summed E-state index contributed by atoms with van der Waals surface area (Å²) in [6, 6.07) is 1.62. The van der Waals surface area contributed by atoms with Crippen molar-refractivity contribution >= 4 is 26.0 Å². The van der Waals surface area contributed by atoms with Gasteiger partial charge in [-0.05, 0) is 47.7 Å². The molecule has 2 unspecified atom stereocenters. The van der Waals surface area contributed by atoms with E-state index in [9.17, 15) is 8.42 Å². The highest BCUT2D eigenvalue weighted by atomic mass is 79.9. The molecule has 0 radical (unpaired) electrons. The van der Waals surface area contributed by atoms with E-state index < -0.39 is 10.0 Å². The van der Waals surface area contributed by atoms with E-state index in [1.54, 1.807) is 17.4 Å². The van der Waals surface area contributed by atoms with Gasteiger partial charge in [0.25, 0.3) is 0 Å². The quantitative estimate of drug-likeness (QED) is 0.891. The number of rotatable bonds is 4. The first-order chi connectivity index (χ1) is 9.52. The van der Waals surface area contributed by atoms with Gasteiger partial charge < -0.3 is 9.73 Å². The zero-order valence-electron chi connectivity index (χ0n) is 11.4. The maximum atomic E-state index is 12.7. The average molecular weight is 363 g/mol. The zero-order chi connectivity index (χ0) is 14.3. The third-order valence-electron chi connectivity index (χ3n) is 4.37. The first-order valence-electron chi connectivity index (χ1n) is 6.95. The highest BCUT2D eigenvalue weighted by Crippen LogP contribution is 2.40. The van der Waals surface area contributed by atoms with Crippen molar-refractivity contribution in [3.8, 4) is 0 Å². The summed E-state index contributed by atoms with van der Waals surface area (Å²) >= 11 is 3.23. The summed E-state index contributed by atoms with van der Waals surface area (Å²) in [5.74, 6) is 1.72. The van der Waals surface area contributed by atoms with Crippen LogP contribution in [0.1, 0.15) is 25.0 Å². The van der Waals surface area contributed by atoms with Crippen LogP contribution in [-0.4, -0.2) is 32.9 Å². The normalized spacial score (nSPS) is 27.1. The maximum absolute atomic E-state index is 12.7. The Morgan fingerprint density at radius 2 is 2.05 bits per heavy atom. The number of hydrogen-bond acceptors (Lipinski definition) is 4. The number of hydrogen-bond donors (Lipinski definition) is 1. The summed E-state index contributed by atoms with van der Waals surface area (Å²) in [6.07, 6.45) is 3.56. The highest BCUT2D eigenvalue weighted by Gasteiger charge is 2.42. The van der Waals surface area contributed by atoms with Crippen LogP contribution in [0.3, 0.4) is 0 Å². The van der Waals surface area contributed by atoms with E-state index in [-0.39, 0.29) is 4.90 Å². The third kappa shape index (κ3) is 2.45. The molecule has 1 N–H and O–H groups in total. The van der Waals surface area contributed by atoms with Gasteiger partial charge >= 0.3 is 0 Å². The van der Waals surface area contributed by atoms with Gasteiger partial charge in [-0.3, -0.25) is 0 Å². The first-order valence-corrected chi connectivity index (χ1v) is 9.18. The van der Waals surface area contributed by atoms with E-state index in [0.29, 0.717) is 41.9 Å². The van der Waals surface area contributed by atoms with Crippen molar-refractivity contribution in [1.29, 1.82) is 0 Å². The molecule has 1 aromatic heterocycles. The van der Waals surface area contributed by atoms with Gasteiger partial charge in [-0.2, -0.15) is 4.31 Å². The molecule has 2 atom stereocenters. The lowest BCUT2D eigenvalue weighted by Crippen LogP contribution is -2.29. The minimum Gasteiger partial charge on any atom is -0.452 e. The molecule has 2 heterocycles. The minimum absolute atomic E-state index is 0.253. The average Bonchev–Trinajstić information content (AvgIpc) is 3.02. The summed E-state index contributed by atoms with van der Waals surface area (Å²) in [7, 11) is -1.65. The van der Waals surface area contributed by atoms with E-state index in [4.69, 9.17) is 4.42 Å². The molecule has 3 rings (SSSR count). The summed E-state index contributed by atoms with van der Waals surface area (Å²) in [5.41, 5.74) is 0. The Bertz CT molecular complexity index is 587. The van der Waals surface area contributed by atoms with E-state index >= 15 is 0 Å². The lowest BCUT2D eigenvalue weighted by atomic mass is 10.0. The molecule has 1 aliphatic heterocycles. The highest BCUT2D eigenvalue weighted by molar-refractivity contribution is 9.10. The van der Waals surface area contributed by atoms with Crippen LogP contribution in [0.2, 0.25) is 0 Å². The maximum Gasteiger partial charge on any atom is 0.247 e. The Morgan fingerprint density at radius 1 is 1.40 bits per heavy atom. The SMILES string of the molecule is CNCc1cc(S(=O)(=O)N2CC3CCCC3C2)c(Br)o1. The molecular weight excluding hydrogens is 344 g/mol. The van der Waals surface area contributed by atoms with E-state index in [0.717, 1.165) is 12.8 Å². The van der Waals surface area contributed by atoms with Crippen LogP contribution in [0, 0.1) is 11.8 Å². The number of nitrogens with one attached hydrogen (secondary N) is 1. The predicted molar refractivity (Wildman–Crippen MR) is 78.8 cm³/mol. The first kappa shape index (κ1) is 14.6. The summed E-state index contributed by atoms with van der Waals surface area (Å²) < 4.78 is 32.8. The molecule has 7 heteroatoms. The molecule has 2 aliphatic rings. The van der Waals surface area contributed by atoms with Crippen LogP contribution in [0.4, 0.5) is 0 Å². The zero-order valence-corrected chi connectivity index (χ0v) is 13.8. The van der Waals surface area contributed by atoms with E-state index in [1.807, 2.05) is 0 Å². The second-order valence-electron chi connectivity index (χ2n) is 5.65. The van der Waals surface area contributed by atoms with Gasteiger partial charge in [0, 0.05) is 19.2 Å². The van der Waals surface area contributed by atoms with Gasteiger partial charge in [-0.15, -0.1) is 0 Å². The fraction of sp³-hybridized carbons (Fsp3) is 0.692. The van der Waals surface area contributed by atoms with Crippen molar-refractivity contribution < 1.29 is 12.8 Å². The monoisotopic (exact) mass is 362 g/mol. The standard InChI is InChI=1S/C13H19BrN2O3S/c1-15-6-11-5-12(13(14)19-11)20(17,18)16-7-9-3-2-4-10(9)8-16/h5,9-10,15H,2-4,6-8H2,1H3. The van der Waals surface area contributed by atoms with Gasteiger partial charge in [0.2, 0.25) is 10.0 Å². The lowest BCUT2D eigenvalue weighted by Gasteiger charge is -2.16. The molecule has 1 aromatic rings. The van der Waals surface area contributed by atoms with Gasteiger partial charge in [0.05, 0.1) is 6.54 Å².